The van der Waals surface area contributed by atoms with E-state index >= 15 is 0 Å². The maximum Gasteiger partial charge on any atom is 0.221 e. The first-order valence-corrected chi connectivity index (χ1v) is 6.12. The number of carbonyl (C=O) groups excluding carboxylic acids is 1. The van der Waals surface area contributed by atoms with Gasteiger partial charge in [0, 0.05) is 30.4 Å². The highest BCUT2D eigenvalue weighted by Gasteiger charge is 2.03. The molecule has 0 saturated carbocycles. The lowest BCUT2D eigenvalue weighted by Gasteiger charge is -2.03. The summed E-state index contributed by atoms with van der Waals surface area (Å²) in [4.78, 5) is 14.9. The second-order valence-corrected chi connectivity index (χ2v) is 4.45. The minimum Gasteiger partial charge on any atom is -0.324 e. The zero-order chi connectivity index (χ0) is 14.5. The van der Waals surface area contributed by atoms with Crippen LogP contribution in [0.1, 0.15) is 18.1 Å². The van der Waals surface area contributed by atoms with Crippen LogP contribution in [0.2, 0.25) is 5.02 Å². The van der Waals surface area contributed by atoms with E-state index in [1.54, 1.807) is 12.3 Å². The molecule has 0 aliphatic rings. The molecule has 100 valence electrons. The van der Waals surface area contributed by atoms with Crippen molar-refractivity contribution in [1.82, 2.24) is 4.98 Å². The zero-order valence-corrected chi connectivity index (χ0v) is 11.3. The Bertz CT molecular complexity index is 719. The maximum absolute atomic E-state index is 13.5. The molecule has 0 radical (unpaired) electrons. The molecule has 1 aromatic carbocycles. The van der Waals surface area contributed by atoms with Crippen LogP contribution in [-0.4, -0.2) is 10.9 Å². The highest BCUT2D eigenvalue weighted by atomic mass is 35.5. The van der Waals surface area contributed by atoms with E-state index in [4.69, 9.17) is 11.6 Å². The first-order valence-electron chi connectivity index (χ1n) is 5.74. The Morgan fingerprint density at radius 2 is 2.00 bits per heavy atom. The number of carbonyl (C=O) groups is 1. The Labute approximate surface area is 120 Å². The van der Waals surface area contributed by atoms with Crippen LogP contribution in [0.15, 0.2) is 36.7 Å². The van der Waals surface area contributed by atoms with Crippen LogP contribution in [-0.2, 0) is 4.79 Å². The molecule has 1 heterocycles. The van der Waals surface area contributed by atoms with E-state index in [1.165, 1.54) is 31.3 Å². The number of aromatic nitrogens is 1. The van der Waals surface area contributed by atoms with Crippen molar-refractivity contribution in [1.29, 1.82) is 0 Å². The number of amides is 1. The van der Waals surface area contributed by atoms with Gasteiger partial charge in [0.2, 0.25) is 5.91 Å². The average molecular weight is 289 g/mol. The van der Waals surface area contributed by atoms with Crippen molar-refractivity contribution in [3.63, 3.8) is 0 Å². The number of benzene rings is 1. The summed E-state index contributed by atoms with van der Waals surface area (Å²) >= 11 is 5.80. The fraction of sp³-hybridized carbons (Fsp3) is 0.0667. The largest absolute Gasteiger partial charge is 0.324 e. The Hall–Kier alpha value is -2.38. The van der Waals surface area contributed by atoms with Gasteiger partial charge in [0.05, 0.1) is 10.7 Å². The van der Waals surface area contributed by atoms with Gasteiger partial charge in [-0.25, -0.2) is 4.39 Å². The number of pyridine rings is 1. The smallest absolute Gasteiger partial charge is 0.221 e. The van der Waals surface area contributed by atoms with E-state index < -0.39 is 5.82 Å². The van der Waals surface area contributed by atoms with Gasteiger partial charge in [0.15, 0.2) is 0 Å². The molecule has 0 unspecified atom stereocenters. The van der Waals surface area contributed by atoms with Crippen molar-refractivity contribution >= 4 is 23.2 Å². The molecule has 0 spiro atoms. The van der Waals surface area contributed by atoms with E-state index in [9.17, 15) is 9.18 Å². The number of halogens is 2. The van der Waals surface area contributed by atoms with E-state index in [-0.39, 0.29) is 11.6 Å². The molecule has 2 rings (SSSR count). The van der Waals surface area contributed by atoms with Crippen LogP contribution in [0.4, 0.5) is 10.1 Å². The summed E-state index contributed by atoms with van der Waals surface area (Å²) in [5.41, 5.74) is 1.34. The van der Waals surface area contributed by atoms with Gasteiger partial charge in [-0.05, 0) is 24.3 Å². The minimum absolute atomic E-state index is 0.105. The number of rotatable bonds is 1. The first kappa shape index (κ1) is 14.0. The van der Waals surface area contributed by atoms with Crippen LogP contribution in [0.25, 0.3) is 0 Å². The van der Waals surface area contributed by atoms with Crippen LogP contribution >= 0.6 is 11.6 Å². The molecule has 20 heavy (non-hydrogen) atoms. The third-order valence-corrected chi connectivity index (χ3v) is 2.54. The number of hydrogen-bond acceptors (Lipinski definition) is 2. The third kappa shape index (κ3) is 3.81. The van der Waals surface area contributed by atoms with Gasteiger partial charge >= 0.3 is 0 Å². The number of nitrogens with one attached hydrogen (secondary N) is 1. The fourth-order valence-corrected chi connectivity index (χ4v) is 1.69. The summed E-state index contributed by atoms with van der Waals surface area (Å²) in [6.07, 6.45) is 3.09. The van der Waals surface area contributed by atoms with E-state index in [0.717, 1.165) is 0 Å². The quantitative estimate of drug-likeness (QED) is 0.819. The van der Waals surface area contributed by atoms with Crippen molar-refractivity contribution in [2.24, 2.45) is 0 Å². The predicted octanol–water partition coefficient (Wildman–Crippen LogP) is 3.23. The molecule has 1 aromatic heterocycles. The highest BCUT2D eigenvalue weighted by molar-refractivity contribution is 6.30. The van der Waals surface area contributed by atoms with Gasteiger partial charge in [0.25, 0.3) is 0 Å². The summed E-state index contributed by atoms with van der Waals surface area (Å²) in [5.74, 6) is 4.89. The number of nitrogens with zero attached hydrogens (tertiary/aromatic N) is 1. The Balaban J connectivity index is 2.29. The van der Waals surface area contributed by atoms with E-state index in [0.29, 0.717) is 16.1 Å². The lowest BCUT2D eigenvalue weighted by molar-refractivity contribution is -0.114. The average Bonchev–Trinajstić information content (AvgIpc) is 2.39. The standard InChI is InChI=1S/C15H10ClFN2O/c1-10(20)19-15-7-11(4-5-14(15)17)2-3-12-6-13(16)9-18-8-12/h4-9H,1H3,(H,19,20). The fourth-order valence-electron chi connectivity index (χ4n) is 1.51. The molecule has 1 amide bonds. The molecule has 0 fully saturated rings. The van der Waals surface area contributed by atoms with Crippen LogP contribution in [0.5, 0.6) is 0 Å². The lowest BCUT2D eigenvalue weighted by atomic mass is 10.1. The van der Waals surface area contributed by atoms with Crippen molar-refractivity contribution in [3.05, 3.63) is 58.6 Å². The van der Waals surface area contributed by atoms with Gasteiger partial charge in [0.1, 0.15) is 5.82 Å². The molecule has 3 nitrogen and oxygen atoms in total. The van der Waals surface area contributed by atoms with Gasteiger partial charge in [-0.3, -0.25) is 9.78 Å². The summed E-state index contributed by atoms with van der Waals surface area (Å²) in [5, 5.41) is 2.90. The summed E-state index contributed by atoms with van der Waals surface area (Å²) < 4.78 is 13.5. The van der Waals surface area contributed by atoms with E-state index in [2.05, 4.69) is 22.1 Å². The monoisotopic (exact) mass is 288 g/mol. The Morgan fingerprint density at radius 3 is 2.70 bits per heavy atom. The highest BCUT2D eigenvalue weighted by Crippen LogP contribution is 2.15. The molecule has 0 aliphatic heterocycles. The Morgan fingerprint density at radius 1 is 1.25 bits per heavy atom. The minimum atomic E-state index is -0.504. The second-order valence-electron chi connectivity index (χ2n) is 4.02. The van der Waals surface area contributed by atoms with Crippen LogP contribution in [0.3, 0.4) is 0 Å². The molecule has 0 saturated heterocycles. The van der Waals surface area contributed by atoms with Gasteiger partial charge in [-0.2, -0.15) is 0 Å². The normalized spacial score (nSPS) is 9.55. The van der Waals surface area contributed by atoms with Crippen LogP contribution in [0, 0.1) is 17.7 Å². The molecule has 0 atom stereocenters. The molecular weight excluding hydrogens is 279 g/mol. The van der Waals surface area contributed by atoms with Crippen molar-refractivity contribution in [3.8, 4) is 11.8 Å². The second kappa shape index (κ2) is 6.18. The predicted molar refractivity (Wildman–Crippen MR) is 75.9 cm³/mol. The third-order valence-electron chi connectivity index (χ3n) is 2.33. The van der Waals surface area contributed by atoms with Crippen molar-refractivity contribution in [2.45, 2.75) is 6.92 Å². The van der Waals surface area contributed by atoms with Crippen molar-refractivity contribution < 1.29 is 9.18 Å². The lowest BCUT2D eigenvalue weighted by Crippen LogP contribution is -2.07. The van der Waals surface area contributed by atoms with Gasteiger partial charge in [-0.1, -0.05) is 23.4 Å². The number of hydrogen-bond donors (Lipinski definition) is 1. The van der Waals surface area contributed by atoms with Gasteiger partial charge < -0.3 is 5.32 Å². The molecule has 5 heteroatoms. The van der Waals surface area contributed by atoms with Crippen LogP contribution < -0.4 is 5.32 Å². The topological polar surface area (TPSA) is 42.0 Å². The zero-order valence-electron chi connectivity index (χ0n) is 10.6. The molecular formula is C15H10ClFN2O. The summed E-state index contributed by atoms with van der Waals surface area (Å²) in [6, 6.07) is 5.94. The Kier molecular flexibility index (Phi) is 4.34. The SMILES string of the molecule is CC(=O)Nc1cc(C#Cc2cncc(Cl)c2)ccc1F. The molecule has 2 aromatic rings. The molecule has 0 bridgehead atoms. The first-order chi connectivity index (χ1) is 9.54. The molecule has 0 aliphatic carbocycles. The molecule has 1 N–H and O–H groups in total. The summed E-state index contributed by atoms with van der Waals surface area (Å²) in [7, 11) is 0. The van der Waals surface area contributed by atoms with Gasteiger partial charge in [-0.15, -0.1) is 0 Å². The van der Waals surface area contributed by atoms with E-state index in [1.807, 2.05) is 0 Å². The summed E-state index contributed by atoms with van der Waals surface area (Å²) in [6.45, 7) is 1.31. The number of anilines is 1. The maximum atomic E-state index is 13.5. The van der Waals surface area contributed by atoms with Crippen molar-refractivity contribution in [2.75, 3.05) is 5.32 Å².